The Kier molecular flexibility index (Phi) is 2.80. The Morgan fingerprint density at radius 2 is 1.79 bits per heavy atom. The molecule has 19 heavy (non-hydrogen) atoms. The van der Waals surface area contributed by atoms with Crippen LogP contribution in [0.2, 0.25) is 0 Å². The summed E-state index contributed by atoms with van der Waals surface area (Å²) in [5.41, 5.74) is 8.94. The molecule has 1 heterocycles. The van der Waals surface area contributed by atoms with Gasteiger partial charge in [-0.15, -0.1) is 0 Å². The Morgan fingerprint density at radius 1 is 1.16 bits per heavy atom. The van der Waals surface area contributed by atoms with Gasteiger partial charge in [-0.25, -0.2) is 0 Å². The molecule has 0 spiro atoms. The molecule has 1 fully saturated rings. The Morgan fingerprint density at radius 3 is 2.32 bits per heavy atom. The molecule has 1 atom stereocenters. The van der Waals surface area contributed by atoms with Crippen LogP contribution >= 0.6 is 0 Å². The first-order valence-electron chi connectivity index (χ1n) is 7.15. The molecule has 102 valence electrons. The van der Waals surface area contributed by atoms with Crippen molar-refractivity contribution in [2.75, 3.05) is 6.54 Å². The molecule has 1 aliphatic heterocycles. The van der Waals surface area contributed by atoms with Crippen molar-refractivity contribution in [3.05, 3.63) is 35.4 Å². The summed E-state index contributed by atoms with van der Waals surface area (Å²) in [5.74, 6) is 0.729. The summed E-state index contributed by atoms with van der Waals surface area (Å²) >= 11 is 0. The topological polar surface area (TPSA) is 41.6 Å². The summed E-state index contributed by atoms with van der Waals surface area (Å²) in [6, 6.07) is 9.95. The maximum absolute atomic E-state index is 6.02. The predicted molar refractivity (Wildman–Crippen MR) is 79.2 cm³/mol. The van der Waals surface area contributed by atoms with Crippen LogP contribution in [0.1, 0.15) is 50.8 Å². The van der Waals surface area contributed by atoms with Gasteiger partial charge in [-0.1, -0.05) is 45.0 Å². The molecule has 0 amide bonds. The number of rotatable bonds is 2. The molecule has 1 aromatic rings. The molecule has 0 radical (unpaired) electrons. The lowest BCUT2D eigenvalue weighted by Gasteiger charge is -2.27. The van der Waals surface area contributed by atoms with Gasteiger partial charge in [-0.05, 0) is 29.4 Å². The quantitative estimate of drug-likeness (QED) is 0.885. The zero-order chi connectivity index (χ0) is 13.6. The highest BCUT2D eigenvalue weighted by atomic mass is 15.4. The second-order valence-electron chi connectivity index (χ2n) is 6.73. The zero-order valence-corrected chi connectivity index (χ0v) is 12.1. The third-order valence-electron chi connectivity index (χ3n) is 4.13. The van der Waals surface area contributed by atoms with Gasteiger partial charge in [0, 0.05) is 6.04 Å². The van der Waals surface area contributed by atoms with Gasteiger partial charge < -0.3 is 10.6 Å². The van der Waals surface area contributed by atoms with E-state index < -0.39 is 0 Å². The molecule has 1 saturated carbocycles. The maximum atomic E-state index is 6.02. The molecule has 1 aliphatic carbocycles. The fourth-order valence-corrected chi connectivity index (χ4v) is 2.77. The fraction of sp³-hybridized carbons (Fsp3) is 0.562. The minimum absolute atomic E-state index is 0.208. The van der Waals surface area contributed by atoms with Crippen LogP contribution in [0.4, 0.5) is 0 Å². The number of guanidine groups is 1. The molecule has 1 aromatic carbocycles. The molecule has 0 bridgehead atoms. The maximum Gasteiger partial charge on any atom is 0.192 e. The van der Waals surface area contributed by atoms with Crippen molar-refractivity contribution in [2.45, 2.75) is 51.1 Å². The first-order valence-corrected chi connectivity index (χ1v) is 7.15. The van der Waals surface area contributed by atoms with E-state index in [4.69, 9.17) is 5.73 Å². The Hall–Kier alpha value is -1.51. The number of benzene rings is 1. The summed E-state index contributed by atoms with van der Waals surface area (Å²) in [6.07, 6.45) is 2.51. The van der Waals surface area contributed by atoms with E-state index in [9.17, 15) is 0 Å². The third kappa shape index (κ3) is 2.34. The number of nitrogens with two attached hydrogens (primary N) is 1. The van der Waals surface area contributed by atoms with E-state index in [0.717, 1.165) is 12.5 Å². The van der Waals surface area contributed by atoms with Crippen LogP contribution in [-0.4, -0.2) is 23.4 Å². The minimum atomic E-state index is 0.208. The fourth-order valence-electron chi connectivity index (χ4n) is 2.77. The summed E-state index contributed by atoms with van der Waals surface area (Å²) in [5, 5.41) is 0. The van der Waals surface area contributed by atoms with Crippen LogP contribution in [0.15, 0.2) is 29.3 Å². The van der Waals surface area contributed by atoms with E-state index >= 15 is 0 Å². The smallest absolute Gasteiger partial charge is 0.192 e. The van der Waals surface area contributed by atoms with Crippen molar-refractivity contribution < 1.29 is 0 Å². The molecule has 3 heteroatoms. The van der Waals surface area contributed by atoms with Crippen molar-refractivity contribution in [1.29, 1.82) is 0 Å². The molecule has 1 unspecified atom stereocenters. The predicted octanol–water partition coefficient (Wildman–Crippen LogP) is 2.82. The van der Waals surface area contributed by atoms with Gasteiger partial charge in [0.2, 0.25) is 0 Å². The molecular weight excluding hydrogens is 234 g/mol. The van der Waals surface area contributed by atoms with E-state index in [0.29, 0.717) is 12.1 Å². The van der Waals surface area contributed by atoms with Crippen LogP contribution < -0.4 is 5.73 Å². The van der Waals surface area contributed by atoms with Gasteiger partial charge in [0.1, 0.15) is 0 Å². The van der Waals surface area contributed by atoms with Crippen LogP contribution in [0, 0.1) is 0 Å². The summed E-state index contributed by atoms with van der Waals surface area (Å²) in [4.78, 5) is 6.74. The molecule has 3 nitrogen and oxygen atoms in total. The summed E-state index contributed by atoms with van der Waals surface area (Å²) in [7, 11) is 0. The summed E-state index contributed by atoms with van der Waals surface area (Å²) < 4.78 is 0. The van der Waals surface area contributed by atoms with E-state index in [-0.39, 0.29) is 5.41 Å². The average Bonchev–Trinajstić information content (AvgIpc) is 3.12. The summed E-state index contributed by atoms with van der Waals surface area (Å²) in [6.45, 7) is 7.54. The number of hydrogen-bond donors (Lipinski definition) is 1. The highest BCUT2D eigenvalue weighted by Gasteiger charge is 2.38. The number of aliphatic imine (C=N–C) groups is 1. The molecule has 0 saturated heterocycles. The highest BCUT2D eigenvalue weighted by molar-refractivity contribution is 5.81. The van der Waals surface area contributed by atoms with Crippen molar-refractivity contribution in [2.24, 2.45) is 10.7 Å². The van der Waals surface area contributed by atoms with Crippen LogP contribution in [0.5, 0.6) is 0 Å². The Balaban J connectivity index is 1.83. The van der Waals surface area contributed by atoms with E-state index in [1.807, 2.05) is 0 Å². The second kappa shape index (κ2) is 4.26. The van der Waals surface area contributed by atoms with Gasteiger partial charge in [0.05, 0.1) is 12.6 Å². The molecule has 3 rings (SSSR count). The Labute approximate surface area is 115 Å². The van der Waals surface area contributed by atoms with Gasteiger partial charge in [0.15, 0.2) is 5.96 Å². The lowest BCUT2D eigenvalue weighted by Crippen LogP contribution is -2.37. The van der Waals surface area contributed by atoms with Gasteiger partial charge in [-0.2, -0.15) is 0 Å². The monoisotopic (exact) mass is 257 g/mol. The lowest BCUT2D eigenvalue weighted by molar-refractivity contribution is 0.338. The van der Waals surface area contributed by atoms with Crippen LogP contribution in [0.3, 0.4) is 0 Å². The van der Waals surface area contributed by atoms with Crippen LogP contribution in [0.25, 0.3) is 0 Å². The first-order chi connectivity index (χ1) is 8.97. The normalized spacial score (nSPS) is 23.6. The largest absolute Gasteiger partial charge is 0.370 e. The van der Waals surface area contributed by atoms with Crippen LogP contribution in [-0.2, 0) is 5.41 Å². The molecule has 2 aliphatic rings. The van der Waals surface area contributed by atoms with Gasteiger partial charge in [0.25, 0.3) is 0 Å². The van der Waals surface area contributed by atoms with Gasteiger partial charge in [-0.3, -0.25) is 4.99 Å². The zero-order valence-electron chi connectivity index (χ0n) is 12.1. The Bertz CT molecular complexity index is 492. The average molecular weight is 257 g/mol. The second-order valence-corrected chi connectivity index (χ2v) is 6.73. The van der Waals surface area contributed by atoms with Crippen molar-refractivity contribution >= 4 is 5.96 Å². The lowest BCUT2D eigenvalue weighted by atomic mass is 9.86. The highest BCUT2D eigenvalue weighted by Crippen LogP contribution is 2.37. The SMILES string of the molecule is CC(C)(C)c1ccc(C2CN=C(N)N2C2CC2)cc1. The number of hydrogen-bond acceptors (Lipinski definition) is 3. The van der Waals surface area contributed by atoms with E-state index in [1.165, 1.54) is 24.0 Å². The molecule has 0 aromatic heterocycles. The van der Waals surface area contributed by atoms with E-state index in [2.05, 4.69) is 54.9 Å². The third-order valence-corrected chi connectivity index (χ3v) is 4.13. The van der Waals surface area contributed by atoms with Gasteiger partial charge >= 0.3 is 0 Å². The van der Waals surface area contributed by atoms with Crippen molar-refractivity contribution in [1.82, 2.24) is 4.90 Å². The van der Waals surface area contributed by atoms with Crippen molar-refractivity contribution in [3.8, 4) is 0 Å². The molecular formula is C16H23N3. The first kappa shape index (κ1) is 12.5. The molecule has 2 N–H and O–H groups in total. The number of nitrogens with zero attached hydrogens (tertiary/aromatic N) is 2. The van der Waals surface area contributed by atoms with E-state index in [1.54, 1.807) is 0 Å². The van der Waals surface area contributed by atoms with Crippen molar-refractivity contribution in [3.63, 3.8) is 0 Å². The minimum Gasteiger partial charge on any atom is -0.370 e. The standard InChI is InChI=1S/C16H23N3/c1-16(2,3)12-6-4-11(5-7-12)14-10-18-15(17)19(14)13-8-9-13/h4-7,13-14H,8-10H2,1-3H3,(H2,17,18).